The van der Waals surface area contributed by atoms with E-state index in [1.807, 2.05) is 0 Å². The third-order valence-corrected chi connectivity index (χ3v) is 2.55. The summed E-state index contributed by atoms with van der Waals surface area (Å²) in [5.74, 6) is -2.97. The van der Waals surface area contributed by atoms with Gasteiger partial charge in [0.2, 0.25) is 0 Å². The number of nitrogens with zero attached hydrogens (tertiary/aromatic N) is 1. The van der Waals surface area contributed by atoms with Crippen LogP contribution in [0.25, 0.3) is 0 Å². The highest BCUT2D eigenvalue weighted by molar-refractivity contribution is 6.30. The molecule has 1 aliphatic heterocycles. The molecule has 0 atom stereocenters. The number of ether oxygens (including phenoxy) is 1. The highest BCUT2D eigenvalue weighted by Crippen LogP contribution is 2.22. The predicted octanol–water partition coefficient (Wildman–Crippen LogP) is 1.25. The summed E-state index contributed by atoms with van der Waals surface area (Å²) in [5, 5.41) is 9.24. The van der Waals surface area contributed by atoms with E-state index in [4.69, 9.17) is 0 Å². The van der Waals surface area contributed by atoms with Gasteiger partial charge in [0.25, 0.3) is 23.7 Å². The molecule has 1 N–H and O–H groups in total. The summed E-state index contributed by atoms with van der Waals surface area (Å²) in [6, 6.07) is 6.14. The molecule has 0 bridgehead atoms. The lowest BCUT2D eigenvalue weighted by Crippen LogP contribution is -2.35. The van der Waals surface area contributed by atoms with Crippen molar-refractivity contribution < 1.29 is 24.2 Å². The number of hydrogen-bond donors (Lipinski definition) is 1. The van der Waals surface area contributed by atoms with E-state index in [0.29, 0.717) is 11.0 Å². The number of benzene rings is 1. The lowest BCUT2D eigenvalue weighted by molar-refractivity contribution is -0.121. The Balaban J connectivity index is 2.30. The summed E-state index contributed by atoms with van der Waals surface area (Å²) in [5.41, 5.74) is 0.343. The smallest absolute Gasteiger partial charge is 0.282 e. The van der Waals surface area contributed by atoms with Crippen LogP contribution in [0.1, 0.15) is 27.6 Å². The first-order valence-corrected chi connectivity index (χ1v) is 5.61. The molecule has 6 nitrogen and oxygen atoms in total. The minimum absolute atomic E-state index is 0.164. The third kappa shape index (κ3) is 2.20. The van der Waals surface area contributed by atoms with Crippen LogP contribution in [0.4, 0.5) is 0 Å². The van der Waals surface area contributed by atoms with Crippen LogP contribution in [0.2, 0.25) is 0 Å². The maximum absolute atomic E-state index is 11.9. The fraction of sp³-hybridized carbons (Fsp3) is 0.154. The lowest BCUT2D eigenvalue weighted by atomic mass is 10.1. The molecule has 1 aliphatic rings. The molecule has 1 heterocycles. The topological polar surface area (TPSA) is 83.9 Å². The Hall–Kier alpha value is -2.63. The van der Waals surface area contributed by atoms with Crippen molar-refractivity contribution in [1.29, 1.82) is 0 Å². The first-order chi connectivity index (χ1) is 9.06. The number of carbonyl (C=O) groups excluding carboxylic acids is 3. The summed E-state index contributed by atoms with van der Waals surface area (Å²) >= 11 is 0. The van der Waals surface area contributed by atoms with Gasteiger partial charge in [-0.3, -0.25) is 14.4 Å². The second kappa shape index (κ2) is 4.93. The van der Waals surface area contributed by atoms with Crippen molar-refractivity contribution in [3.8, 4) is 0 Å². The molecule has 1 aromatic carbocycles. The summed E-state index contributed by atoms with van der Waals surface area (Å²) in [7, 11) is 0. The fourth-order valence-corrected chi connectivity index (χ4v) is 1.75. The van der Waals surface area contributed by atoms with Crippen molar-refractivity contribution >= 4 is 17.7 Å². The number of hydrogen-bond acceptors (Lipinski definition) is 5. The van der Waals surface area contributed by atoms with Crippen molar-refractivity contribution in [2.75, 3.05) is 6.61 Å². The van der Waals surface area contributed by atoms with Crippen LogP contribution in [-0.4, -0.2) is 34.3 Å². The lowest BCUT2D eigenvalue weighted by Gasteiger charge is -2.09. The largest absolute Gasteiger partial charge is 0.481 e. The number of carbonyl (C=O) groups is 3. The molecule has 0 aliphatic carbocycles. The number of rotatable bonds is 3. The molecule has 0 fully saturated rings. The predicted molar refractivity (Wildman–Crippen MR) is 64.3 cm³/mol. The Bertz CT molecular complexity index is 555. The molecule has 6 heteroatoms. The van der Waals surface area contributed by atoms with Crippen LogP contribution < -0.4 is 0 Å². The SMILES string of the molecule is CCO/C(O)=C/C(=O)N1C(=O)c2ccccc2C1=O. The second-order valence-electron chi connectivity index (χ2n) is 3.75. The van der Waals surface area contributed by atoms with Crippen LogP contribution in [0.15, 0.2) is 36.3 Å². The van der Waals surface area contributed by atoms with Gasteiger partial charge in [0, 0.05) is 0 Å². The average Bonchev–Trinajstić information content (AvgIpc) is 2.63. The normalized spacial score (nSPS) is 14.6. The molecule has 0 aromatic heterocycles. The van der Waals surface area contributed by atoms with Gasteiger partial charge in [-0.15, -0.1) is 0 Å². The Labute approximate surface area is 108 Å². The van der Waals surface area contributed by atoms with Crippen LogP contribution in [0.5, 0.6) is 0 Å². The Morgan fingerprint density at radius 2 is 1.79 bits per heavy atom. The zero-order chi connectivity index (χ0) is 14.0. The van der Waals surface area contributed by atoms with Crippen molar-refractivity contribution in [3.63, 3.8) is 0 Å². The number of imide groups is 3. The van der Waals surface area contributed by atoms with Crippen LogP contribution in [0.3, 0.4) is 0 Å². The second-order valence-corrected chi connectivity index (χ2v) is 3.75. The van der Waals surface area contributed by atoms with E-state index in [2.05, 4.69) is 4.74 Å². The Morgan fingerprint density at radius 3 is 2.26 bits per heavy atom. The van der Waals surface area contributed by atoms with Gasteiger partial charge in [0.1, 0.15) is 0 Å². The molecule has 2 rings (SSSR count). The van der Waals surface area contributed by atoms with E-state index >= 15 is 0 Å². The summed E-state index contributed by atoms with van der Waals surface area (Å²) in [4.78, 5) is 36.1. The van der Waals surface area contributed by atoms with Gasteiger partial charge in [-0.25, -0.2) is 4.90 Å². The van der Waals surface area contributed by atoms with E-state index in [1.54, 1.807) is 19.1 Å². The molecule has 0 saturated carbocycles. The molecule has 98 valence electrons. The van der Waals surface area contributed by atoms with Crippen LogP contribution >= 0.6 is 0 Å². The summed E-state index contributed by atoms with van der Waals surface area (Å²) in [6.45, 7) is 1.79. The zero-order valence-corrected chi connectivity index (χ0v) is 10.1. The van der Waals surface area contributed by atoms with Crippen LogP contribution in [0, 0.1) is 0 Å². The fourth-order valence-electron chi connectivity index (χ4n) is 1.75. The number of fused-ring (bicyclic) bond motifs is 1. The molecule has 1 aromatic rings. The van der Waals surface area contributed by atoms with Gasteiger partial charge in [0.05, 0.1) is 23.8 Å². The number of amides is 3. The zero-order valence-electron chi connectivity index (χ0n) is 10.1. The quantitative estimate of drug-likeness (QED) is 0.503. The van der Waals surface area contributed by atoms with E-state index in [1.165, 1.54) is 12.1 Å². The molecule has 0 saturated heterocycles. The molecule has 3 amide bonds. The monoisotopic (exact) mass is 261 g/mol. The van der Waals surface area contributed by atoms with Gasteiger partial charge in [-0.05, 0) is 19.1 Å². The summed E-state index contributed by atoms with van der Waals surface area (Å²) in [6.07, 6.45) is 0.700. The molecule has 0 spiro atoms. The number of aliphatic hydroxyl groups excluding tert-OH is 1. The van der Waals surface area contributed by atoms with E-state index in [-0.39, 0.29) is 17.7 Å². The third-order valence-electron chi connectivity index (χ3n) is 2.55. The molecular weight excluding hydrogens is 250 g/mol. The first kappa shape index (κ1) is 12.8. The minimum atomic E-state index is -0.933. The van der Waals surface area contributed by atoms with Gasteiger partial charge in [-0.1, -0.05) is 12.1 Å². The van der Waals surface area contributed by atoms with Gasteiger partial charge < -0.3 is 9.84 Å². The van der Waals surface area contributed by atoms with E-state index < -0.39 is 23.7 Å². The van der Waals surface area contributed by atoms with Gasteiger partial charge in [0.15, 0.2) is 0 Å². The Kier molecular flexibility index (Phi) is 3.33. The molecule has 0 unspecified atom stereocenters. The standard InChI is InChI=1S/C13H11NO5/c1-2-19-11(16)7-10(15)14-12(17)8-5-3-4-6-9(8)13(14)18/h3-7,16H,2H2,1H3/b11-7+. The highest BCUT2D eigenvalue weighted by atomic mass is 16.6. The maximum Gasteiger partial charge on any atom is 0.282 e. The molecule has 0 radical (unpaired) electrons. The van der Waals surface area contributed by atoms with Gasteiger partial charge >= 0.3 is 0 Å². The van der Waals surface area contributed by atoms with Gasteiger partial charge in [-0.2, -0.15) is 0 Å². The summed E-state index contributed by atoms with van der Waals surface area (Å²) < 4.78 is 4.67. The highest BCUT2D eigenvalue weighted by Gasteiger charge is 2.39. The minimum Gasteiger partial charge on any atom is -0.481 e. The number of aliphatic hydroxyl groups is 1. The van der Waals surface area contributed by atoms with Crippen molar-refractivity contribution in [1.82, 2.24) is 4.90 Å². The van der Waals surface area contributed by atoms with Crippen molar-refractivity contribution in [3.05, 3.63) is 47.4 Å². The molecular formula is C13H11NO5. The van der Waals surface area contributed by atoms with Crippen molar-refractivity contribution in [2.45, 2.75) is 6.92 Å². The first-order valence-electron chi connectivity index (χ1n) is 5.61. The van der Waals surface area contributed by atoms with Crippen molar-refractivity contribution in [2.24, 2.45) is 0 Å². The molecule has 19 heavy (non-hydrogen) atoms. The van der Waals surface area contributed by atoms with E-state index in [0.717, 1.165) is 0 Å². The van der Waals surface area contributed by atoms with E-state index in [9.17, 15) is 19.5 Å². The average molecular weight is 261 g/mol. The van der Waals surface area contributed by atoms with Crippen LogP contribution in [-0.2, 0) is 9.53 Å². The maximum atomic E-state index is 11.9. The Morgan fingerprint density at radius 1 is 1.26 bits per heavy atom.